The minimum atomic E-state index is -0.541. The molecule has 3 heterocycles. The molecular formula is C30H57N3O9. The molecule has 12 heteroatoms. The zero-order valence-corrected chi connectivity index (χ0v) is 26.7. The predicted octanol–water partition coefficient (Wildman–Crippen LogP) is 0.141. The molecule has 0 aromatic rings. The van der Waals surface area contributed by atoms with E-state index >= 15 is 0 Å². The van der Waals surface area contributed by atoms with Gasteiger partial charge in [0.25, 0.3) is 0 Å². The lowest BCUT2D eigenvalue weighted by atomic mass is 10.1. The molecular weight excluding hydrogens is 546 g/mol. The number of aliphatic hydroxyl groups excluding tert-OH is 3. The van der Waals surface area contributed by atoms with Crippen molar-refractivity contribution in [3.63, 3.8) is 0 Å². The van der Waals surface area contributed by atoms with Crippen LogP contribution in [0.1, 0.15) is 59.8 Å². The lowest BCUT2D eigenvalue weighted by Crippen LogP contribution is -2.47. The molecule has 0 bridgehead atoms. The molecule has 0 aliphatic carbocycles. The molecule has 3 saturated heterocycles. The minimum absolute atomic E-state index is 0.0243. The van der Waals surface area contributed by atoms with E-state index in [1.54, 1.807) is 28.1 Å². The highest BCUT2D eigenvalue weighted by Gasteiger charge is 2.33. The van der Waals surface area contributed by atoms with Crippen molar-refractivity contribution in [1.29, 1.82) is 0 Å². The predicted molar refractivity (Wildman–Crippen MR) is 159 cm³/mol. The first-order valence-corrected chi connectivity index (χ1v) is 15.3. The third-order valence-electron chi connectivity index (χ3n) is 8.21. The van der Waals surface area contributed by atoms with E-state index in [2.05, 4.69) is 9.80 Å². The number of Topliss-reactive ketones (excluding diaryl/α,β-unsaturated/α-hetero) is 3. The van der Waals surface area contributed by atoms with Crippen LogP contribution in [0.3, 0.4) is 0 Å². The molecule has 12 nitrogen and oxygen atoms in total. The van der Waals surface area contributed by atoms with Crippen molar-refractivity contribution in [1.82, 2.24) is 14.7 Å². The second-order valence-corrected chi connectivity index (χ2v) is 11.4. The van der Waals surface area contributed by atoms with Crippen molar-refractivity contribution in [2.45, 2.75) is 96.2 Å². The van der Waals surface area contributed by atoms with Crippen LogP contribution < -0.4 is 0 Å². The van der Waals surface area contributed by atoms with E-state index in [9.17, 15) is 24.6 Å². The summed E-state index contributed by atoms with van der Waals surface area (Å²) in [6.45, 7) is 12.2. The molecule has 0 radical (unpaired) electrons. The number of nitrogens with zero attached hydrogens (tertiary/aromatic N) is 3. The molecule has 3 fully saturated rings. The van der Waals surface area contributed by atoms with E-state index in [1.165, 1.54) is 13.8 Å². The first kappa shape index (κ1) is 38.7. The summed E-state index contributed by atoms with van der Waals surface area (Å²) in [7, 11) is 3.32. The Hall–Kier alpha value is -1.35. The molecule has 0 aromatic carbocycles. The van der Waals surface area contributed by atoms with Gasteiger partial charge in [-0.3, -0.25) is 29.1 Å². The van der Waals surface area contributed by atoms with Crippen molar-refractivity contribution < 1.29 is 43.9 Å². The van der Waals surface area contributed by atoms with Gasteiger partial charge in [0.15, 0.2) is 0 Å². The summed E-state index contributed by atoms with van der Waals surface area (Å²) in [5.41, 5.74) is 0. The van der Waals surface area contributed by atoms with Gasteiger partial charge >= 0.3 is 0 Å². The number of hydrogen-bond donors (Lipinski definition) is 3. The normalized spacial score (nSPS) is 24.2. The highest BCUT2D eigenvalue weighted by atomic mass is 16.5. The lowest BCUT2D eigenvalue weighted by molar-refractivity contribution is -0.125. The molecule has 3 unspecified atom stereocenters. The zero-order valence-electron chi connectivity index (χ0n) is 26.7. The van der Waals surface area contributed by atoms with Crippen molar-refractivity contribution in [3.8, 4) is 0 Å². The number of rotatable bonds is 15. The van der Waals surface area contributed by atoms with Crippen LogP contribution in [0.5, 0.6) is 0 Å². The van der Waals surface area contributed by atoms with Crippen molar-refractivity contribution >= 4 is 17.3 Å². The minimum Gasteiger partial charge on any atom is -0.394 e. The van der Waals surface area contributed by atoms with E-state index in [-0.39, 0.29) is 60.8 Å². The van der Waals surface area contributed by atoms with Crippen LogP contribution >= 0.6 is 0 Å². The zero-order chi connectivity index (χ0) is 31.7. The van der Waals surface area contributed by atoms with Crippen molar-refractivity contribution in [2.75, 3.05) is 80.0 Å². The maximum Gasteiger partial charge on any atom is 0.149 e. The summed E-state index contributed by atoms with van der Waals surface area (Å²) in [6.07, 6.45) is 5.00. The largest absolute Gasteiger partial charge is 0.394 e. The van der Waals surface area contributed by atoms with Crippen LogP contribution in [0.25, 0.3) is 0 Å². The SMILES string of the molecule is CC(=O)[C@@H](C(C)O)N1CCCC1.COC1CCN([C@@H](CO)C(C)=O)C1.COCCOCC1CCCN1[C@H](CO)C(C)=O. The Morgan fingerprint density at radius 1 is 0.810 bits per heavy atom. The van der Waals surface area contributed by atoms with Gasteiger partial charge in [-0.2, -0.15) is 0 Å². The summed E-state index contributed by atoms with van der Waals surface area (Å²) < 4.78 is 15.6. The van der Waals surface area contributed by atoms with E-state index in [1.807, 2.05) is 4.90 Å². The molecule has 0 saturated carbocycles. The van der Waals surface area contributed by atoms with Gasteiger partial charge in [-0.15, -0.1) is 0 Å². The van der Waals surface area contributed by atoms with E-state index in [0.717, 1.165) is 64.8 Å². The molecule has 0 amide bonds. The van der Waals surface area contributed by atoms with Crippen LogP contribution in [0.2, 0.25) is 0 Å². The van der Waals surface area contributed by atoms with Gasteiger partial charge in [0.05, 0.1) is 63.4 Å². The number of carbonyl (C=O) groups is 3. The molecule has 0 aromatic heterocycles. The molecule has 0 spiro atoms. The van der Waals surface area contributed by atoms with Crippen LogP contribution in [-0.4, -0.2) is 164 Å². The number of methoxy groups -OCH3 is 2. The Bertz CT molecular complexity index is 779. The number of ether oxygens (including phenoxy) is 3. The van der Waals surface area contributed by atoms with Crippen LogP contribution in [0, 0.1) is 0 Å². The lowest BCUT2D eigenvalue weighted by Gasteiger charge is -2.30. The number of hydrogen-bond acceptors (Lipinski definition) is 12. The van der Waals surface area contributed by atoms with Crippen molar-refractivity contribution in [3.05, 3.63) is 0 Å². The summed E-state index contributed by atoms with van der Waals surface area (Å²) in [5.74, 6) is 0.127. The van der Waals surface area contributed by atoms with Gasteiger partial charge in [0, 0.05) is 33.4 Å². The fourth-order valence-electron chi connectivity index (χ4n) is 5.93. The Balaban J connectivity index is 0.000000321. The topological polar surface area (TPSA) is 149 Å². The number of carbonyl (C=O) groups excluding carboxylic acids is 3. The third kappa shape index (κ3) is 13.1. The first-order valence-electron chi connectivity index (χ1n) is 15.3. The number of ketones is 3. The summed E-state index contributed by atoms with van der Waals surface area (Å²) >= 11 is 0. The second-order valence-electron chi connectivity index (χ2n) is 11.4. The fraction of sp³-hybridized carbons (Fsp3) is 0.900. The molecule has 3 aliphatic heterocycles. The average Bonchev–Trinajstić information content (AvgIpc) is 3.71. The Morgan fingerprint density at radius 2 is 1.43 bits per heavy atom. The highest BCUT2D eigenvalue weighted by molar-refractivity contribution is 5.82. The van der Waals surface area contributed by atoms with Gasteiger partial charge < -0.3 is 29.5 Å². The van der Waals surface area contributed by atoms with Gasteiger partial charge in [-0.1, -0.05) is 0 Å². The third-order valence-corrected chi connectivity index (χ3v) is 8.21. The molecule has 3 N–H and O–H groups in total. The molecule has 3 aliphatic rings. The maximum absolute atomic E-state index is 11.4. The summed E-state index contributed by atoms with van der Waals surface area (Å²) in [5, 5.41) is 27.7. The van der Waals surface area contributed by atoms with Crippen LogP contribution in [0.15, 0.2) is 0 Å². The smallest absolute Gasteiger partial charge is 0.149 e. The molecule has 6 atom stereocenters. The van der Waals surface area contributed by atoms with Gasteiger partial charge in [-0.05, 0) is 79.4 Å². The van der Waals surface area contributed by atoms with Gasteiger partial charge in [0.1, 0.15) is 17.3 Å². The highest BCUT2D eigenvalue weighted by Crippen LogP contribution is 2.21. The van der Waals surface area contributed by atoms with Crippen LogP contribution in [0.4, 0.5) is 0 Å². The summed E-state index contributed by atoms with van der Waals surface area (Å²) in [6, 6.07) is -0.728. The number of likely N-dealkylation sites (tertiary alicyclic amines) is 3. The molecule has 42 heavy (non-hydrogen) atoms. The van der Waals surface area contributed by atoms with Crippen LogP contribution in [-0.2, 0) is 28.6 Å². The van der Waals surface area contributed by atoms with Gasteiger partial charge in [-0.25, -0.2) is 0 Å². The molecule has 3 rings (SSSR count). The number of aliphatic hydroxyl groups is 3. The first-order chi connectivity index (χ1) is 20.0. The second kappa shape index (κ2) is 21.4. The standard InChI is InChI=1S/C12H23NO4.C9H17NO3.C9H17NO2/c1-10(15)12(8-14)13-5-3-4-11(13)9-17-7-6-16-2;1-7(12)9(6-11)10-4-3-8(5-10)13-2;1-7(11)9(8(2)12)10-5-3-4-6-10/h11-12,14H,3-9H2,1-2H3;8-9,11H,3-6H2,1-2H3;7,9,11H,3-6H2,1-2H3/t11?,12-;8?,9-;7?,9-/m101/s1. The fourth-order valence-corrected chi connectivity index (χ4v) is 5.93. The van der Waals surface area contributed by atoms with E-state index < -0.39 is 6.10 Å². The Morgan fingerprint density at radius 3 is 1.88 bits per heavy atom. The monoisotopic (exact) mass is 603 g/mol. The maximum atomic E-state index is 11.4. The van der Waals surface area contributed by atoms with Crippen molar-refractivity contribution in [2.24, 2.45) is 0 Å². The Labute approximate surface area is 252 Å². The van der Waals surface area contributed by atoms with E-state index in [4.69, 9.17) is 19.3 Å². The quantitative estimate of drug-likeness (QED) is 0.219. The van der Waals surface area contributed by atoms with Gasteiger partial charge in [0.2, 0.25) is 0 Å². The average molecular weight is 604 g/mol. The molecule has 246 valence electrons. The Kier molecular flexibility index (Phi) is 19.7. The summed E-state index contributed by atoms with van der Waals surface area (Å²) in [4.78, 5) is 39.8. The van der Waals surface area contributed by atoms with E-state index in [0.29, 0.717) is 19.8 Å².